The molecule has 1 N–H and O–H groups in total. The maximum absolute atomic E-state index is 13.3. The van der Waals surface area contributed by atoms with E-state index in [1.165, 1.54) is 24.3 Å². The van der Waals surface area contributed by atoms with Crippen molar-refractivity contribution >= 4 is 5.91 Å². The number of hydrogen-bond acceptors (Lipinski definition) is 2. The number of amides is 1. The second kappa shape index (κ2) is 7.38. The van der Waals surface area contributed by atoms with Crippen molar-refractivity contribution in [1.29, 1.82) is 0 Å². The lowest BCUT2D eigenvalue weighted by Crippen LogP contribution is -2.24. The predicted molar refractivity (Wildman–Crippen MR) is 74.8 cm³/mol. The van der Waals surface area contributed by atoms with Gasteiger partial charge in [0, 0.05) is 6.54 Å². The van der Waals surface area contributed by atoms with E-state index in [-0.39, 0.29) is 37.0 Å². The third-order valence-electron chi connectivity index (χ3n) is 2.80. The van der Waals surface area contributed by atoms with Crippen molar-refractivity contribution in [2.45, 2.75) is 13.0 Å². The van der Waals surface area contributed by atoms with Crippen molar-refractivity contribution in [2.75, 3.05) is 6.61 Å². The summed E-state index contributed by atoms with van der Waals surface area (Å²) >= 11 is 0. The third kappa shape index (κ3) is 4.87. The van der Waals surface area contributed by atoms with Gasteiger partial charge in [0.1, 0.15) is 5.82 Å². The summed E-state index contributed by atoms with van der Waals surface area (Å²) in [6.07, 6.45) is 0.101. The van der Waals surface area contributed by atoms with Crippen LogP contribution in [0.5, 0.6) is 5.75 Å². The van der Waals surface area contributed by atoms with Crippen molar-refractivity contribution < 1.29 is 18.3 Å². The van der Waals surface area contributed by atoms with Crippen LogP contribution in [-0.4, -0.2) is 12.5 Å². The van der Waals surface area contributed by atoms with Crippen molar-refractivity contribution in [3.05, 3.63) is 65.7 Å². The van der Waals surface area contributed by atoms with Gasteiger partial charge in [-0.3, -0.25) is 4.79 Å². The number of ether oxygens (including phenoxy) is 1. The van der Waals surface area contributed by atoms with Gasteiger partial charge in [0.2, 0.25) is 5.91 Å². The highest BCUT2D eigenvalue weighted by Gasteiger charge is 2.05. The Labute approximate surface area is 121 Å². The largest absolute Gasteiger partial charge is 0.490 e. The van der Waals surface area contributed by atoms with Gasteiger partial charge in [-0.15, -0.1) is 0 Å². The first-order chi connectivity index (χ1) is 10.1. The van der Waals surface area contributed by atoms with Crippen molar-refractivity contribution in [2.24, 2.45) is 0 Å². The molecule has 110 valence electrons. The molecule has 2 rings (SSSR count). The summed E-state index contributed by atoms with van der Waals surface area (Å²) in [6, 6.07) is 12.0. The van der Waals surface area contributed by atoms with Gasteiger partial charge in [-0.05, 0) is 29.8 Å². The number of benzene rings is 2. The Morgan fingerprint density at radius 2 is 1.90 bits per heavy atom. The fourth-order valence-corrected chi connectivity index (χ4v) is 1.75. The Hall–Kier alpha value is -2.43. The van der Waals surface area contributed by atoms with Crippen molar-refractivity contribution in [1.82, 2.24) is 5.32 Å². The minimum absolute atomic E-state index is 0.0793. The molecule has 0 fully saturated rings. The summed E-state index contributed by atoms with van der Waals surface area (Å²) in [5.41, 5.74) is 0.679. The van der Waals surface area contributed by atoms with E-state index < -0.39 is 5.82 Å². The maximum atomic E-state index is 13.3. The topological polar surface area (TPSA) is 38.3 Å². The van der Waals surface area contributed by atoms with Crippen LogP contribution in [0, 0.1) is 11.6 Å². The Morgan fingerprint density at radius 3 is 2.67 bits per heavy atom. The van der Waals surface area contributed by atoms with Crippen molar-refractivity contribution in [3.63, 3.8) is 0 Å². The van der Waals surface area contributed by atoms with Crippen LogP contribution in [0.3, 0.4) is 0 Å². The number of nitrogens with one attached hydrogen (secondary N) is 1. The first kappa shape index (κ1) is 15.0. The monoisotopic (exact) mass is 291 g/mol. The van der Waals surface area contributed by atoms with Crippen LogP contribution in [0.1, 0.15) is 12.0 Å². The van der Waals surface area contributed by atoms with Gasteiger partial charge in [-0.1, -0.05) is 24.3 Å². The van der Waals surface area contributed by atoms with E-state index in [4.69, 9.17) is 4.74 Å². The van der Waals surface area contributed by atoms with Gasteiger partial charge < -0.3 is 10.1 Å². The minimum atomic E-state index is -0.460. The van der Waals surface area contributed by atoms with E-state index in [1.807, 2.05) is 0 Å². The summed E-state index contributed by atoms with van der Waals surface area (Å²) < 4.78 is 31.4. The number of rotatable bonds is 6. The molecular weight excluding hydrogens is 276 g/mol. The van der Waals surface area contributed by atoms with Crippen LogP contribution in [0.2, 0.25) is 0 Å². The lowest BCUT2D eigenvalue weighted by atomic mass is 10.2. The highest BCUT2D eigenvalue weighted by atomic mass is 19.1. The Kier molecular flexibility index (Phi) is 5.26. The molecule has 0 heterocycles. The highest BCUT2D eigenvalue weighted by Crippen LogP contribution is 2.15. The van der Waals surface area contributed by atoms with Gasteiger partial charge >= 0.3 is 0 Å². The molecule has 0 aliphatic heterocycles. The fraction of sp³-hybridized carbons (Fsp3) is 0.188. The van der Waals surface area contributed by atoms with E-state index in [0.717, 1.165) is 0 Å². The van der Waals surface area contributed by atoms with Crippen LogP contribution in [-0.2, 0) is 11.3 Å². The number of carbonyl (C=O) groups excluding carboxylic acids is 1. The summed E-state index contributed by atoms with van der Waals surface area (Å²) in [5.74, 6) is -0.923. The second-order valence-electron chi connectivity index (χ2n) is 4.44. The van der Waals surface area contributed by atoms with Crippen LogP contribution in [0.15, 0.2) is 48.5 Å². The first-order valence-corrected chi connectivity index (χ1v) is 6.53. The lowest BCUT2D eigenvalue weighted by molar-refractivity contribution is -0.121. The molecule has 0 unspecified atom stereocenters. The molecular formula is C16H15F2NO2. The molecule has 2 aromatic carbocycles. The van der Waals surface area contributed by atoms with Gasteiger partial charge in [0.25, 0.3) is 0 Å². The molecule has 21 heavy (non-hydrogen) atoms. The maximum Gasteiger partial charge on any atom is 0.223 e. The predicted octanol–water partition coefficient (Wildman–Crippen LogP) is 3.05. The second-order valence-corrected chi connectivity index (χ2v) is 4.44. The zero-order valence-corrected chi connectivity index (χ0v) is 11.3. The molecule has 2 aromatic rings. The van der Waals surface area contributed by atoms with E-state index in [9.17, 15) is 13.6 Å². The molecule has 5 heteroatoms. The third-order valence-corrected chi connectivity index (χ3v) is 2.80. The molecule has 0 aliphatic rings. The number of carbonyl (C=O) groups is 1. The van der Waals surface area contributed by atoms with E-state index in [1.54, 1.807) is 24.3 Å². The SMILES string of the molecule is O=C(CCOc1ccccc1F)NCc1cccc(F)c1. The smallest absolute Gasteiger partial charge is 0.223 e. The van der Waals surface area contributed by atoms with Crippen LogP contribution >= 0.6 is 0 Å². The molecule has 0 atom stereocenters. The first-order valence-electron chi connectivity index (χ1n) is 6.53. The molecule has 0 aliphatic carbocycles. The molecule has 0 bridgehead atoms. The normalized spacial score (nSPS) is 10.2. The van der Waals surface area contributed by atoms with Gasteiger partial charge in [-0.25, -0.2) is 8.78 Å². The molecule has 0 spiro atoms. The molecule has 3 nitrogen and oxygen atoms in total. The van der Waals surface area contributed by atoms with E-state index in [2.05, 4.69) is 5.32 Å². The molecule has 0 saturated carbocycles. The van der Waals surface area contributed by atoms with E-state index >= 15 is 0 Å². The van der Waals surface area contributed by atoms with Gasteiger partial charge in [-0.2, -0.15) is 0 Å². The van der Waals surface area contributed by atoms with Crippen LogP contribution in [0.25, 0.3) is 0 Å². The number of para-hydroxylation sites is 1. The standard InChI is InChI=1S/C16H15F2NO2/c17-13-5-3-4-12(10-13)11-19-16(20)8-9-21-15-7-2-1-6-14(15)18/h1-7,10H,8-9,11H2,(H,19,20). The van der Waals surface area contributed by atoms with Gasteiger partial charge in [0.15, 0.2) is 11.6 Å². The quantitative estimate of drug-likeness (QED) is 0.888. The fourth-order valence-electron chi connectivity index (χ4n) is 1.75. The summed E-state index contributed by atoms with van der Waals surface area (Å²) in [7, 11) is 0. The zero-order valence-electron chi connectivity index (χ0n) is 11.3. The average Bonchev–Trinajstić information content (AvgIpc) is 2.47. The lowest BCUT2D eigenvalue weighted by Gasteiger charge is -2.08. The van der Waals surface area contributed by atoms with Crippen LogP contribution in [0.4, 0.5) is 8.78 Å². The molecule has 0 aromatic heterocycles. The molecule has 0 saturated heterocycles. The van der Waals surface area contributed by atoms with Crippen molar-refractivity contribution in [3.8, 4) is 5.75 Å². The Bertz CT molecular complexity index is 617. The molecule has 1 amide bonds. The van der Waals surface area contributed by atoms with Gasteiger partial charge in [0.05, 0.1) is 13.0 Å². The highest BCUT2D eigenvalue weighted by molar-refractivity contribution is 5.75. The Morgan fingerprint density at radius 1 is 1.10 bits per heavy atom. The Balaban J connectivity index is 1.72. The number of halogens is 2. The van der Waals surface area contributed by atoms with E-state index in [0.29, 0.717) is 5.56 Å². The number of hydrogen-bond donors (Lipinski definition) is 1. The minimum Gasteiger partial charge on any atom is -0.490 e. The molecule has 0 radical (unpaired) electrons. The zero-order chi connectivity index (χ0) is 15.1. The summed E-state index contributed by atoms with van der Waals surface area (Å²) in [4.78, 5) is 11.6. The average molecular weight is 291 g/mol. The summed E-state index contributed by atoms with van der Waals surface area (Å²) in [5, 5.41) is 2.65. The summed E-state index contributed by atoms with van der Waals surface area (Å²) in [6.45, 7) is 0.326. The van der Waals surface area contributed by atoms with Crippen LogP contribution < -0.4 is 10.1 Å².